The Balaban J connectivity index is 2.20. The maximum atomic E-state index is 10.9. The Morgan fingerprint density at radius 2 is 2.07 bits per heavy atom. The Labute approximate surface area is 99.4 Å². The average Bonchev–Trinajstić information content (AvgIpc) is 2.26. The number of rotatable bonds is 5. The highest BCUT2D eigenvalue weighted by molar-refractivity contribution is 7.99. The van der Waals surface area contributed by atoms with Gasteiger partial charge in [0.25, 0.3) is 0 Å². The summed E-state index contributed by atoms with van der Waals surface area (Å²) in [7, 11) is 1.66. The van der Waals surface area contributed by atoms with E-state index in [4.69, 9.17) is 11.6 Å². The second kappa shape index (κ2) is 6.75. The molecule has 0 aromatic heterocycles. The zero-order valence-electron chi connectivity index (χ0n) is 8.63. The summed E-state index contributed by atoms with van der Waals surface area (Å²) in [6.07, 6.45) is 1.49. The molecule has 82 valence electrons. The molecule has 0 saturated carbocycles. The highest BCUT2D eigenvalue weighted by Gasteiger charge is 1.98. The standard InChI is InChI=1S/C11H14ClNOS/c1-13-11(14)3-2-8-15-10-6-4-9(12)5-7-10/h4-7H,2-3,8H2,1H3,(H,13,14). The minimum absolute atomic E-state index is 0.103. The fourth-order valence-electron chi connectivity index (χ4n) is 1.08. The SMILES string of the molecule is CNC(=O)CCCSc1ccc(Cl)cc1. The first-order valence-corrected chi connectivity index (χ1v) is 6.17. The van der Waals surface area contributed by atoms with Crippen molar-refractivity contribution >= 4 is 29.3 Å². The van der Waals surface area contributed by atoms with Gasteiger partial charge in [0.15, 0.2) is 0 Å². The number of nitrogens with one attached hydrogen (secondary N) is 1. The molecule has 1 N–H and O–H groups in total. The van der Waals surface area contributed by atoms with Gasteiger partial charge in [0.05, 0.1) is 0 Å². The second-order valence-corrected chi connectivity index (χ2v) is 4.68. The van der Waals surface area contributed by atoms with Crippen molar-refractivity contribution in [3.8, 4) is 0 Å². The van der Waals surface area contributed by atoms with Crippen molar-refractivity contribution in [3.05, 3.63) is 29.3 Å². The van der Waals surface area contributed by atoms with Gasteiger partial charge >= 0.3 is 0 Å². The Morgan fingerprint density at radius 3 is 2.67 bits per heavy atom. The summed E-state index contributed by atoms with van der Waals surface area (Å²) in [4.78, 5) is 12.1. The number of carbonyl (C=O) groups is 1. The number of benzene rings is 1. The van der Waals surface area contributed by atoms with Gasteiger partial charge in [0.2, 0.25) is 5.91 Å². The Bertz CT molecular complexity index is 313. The van der Waals surface area contributed by atoms with Crippen molar-refractivity contribution in [1.29, 1.82) is 0 Å². The van der Waals surface area contributed by atoms with Gasteiger partial charge in [-0.05, 0) is 36.4 Å². The lowest BCUT2D eigenvalue weighted by molar-refractivity contribution is -0.120. The Kier molecular flexibility index (Phi) is 5.58. The molecule has 0 saturated heterocycles. The number of amides is 1. The van der Waals surface area contributed by atoms with E-state index in [0.29, 0.717) is 6.42 Å². The predicted molar refractivity (Wildman–Crippen MR) is 65.5 cm³/mol. The van der Waals surface area contributed by atoms with Crippen LogP contribution in [-0.4, -0.2) is 18.7 Å². The number of thioether (sulfide) groups is 1. The number of carbonyl (C=O) groups excluding carboxylic acids is 1. The average molecular weight is 244 g/mol. The Hall–Kier alpha value is -0.670. The summed E-state index contributed by atoms with van der Waals surface area (Å²) in [5.74, 6) is 1.06. The van der Waals surface area contributed by atoms with Crippen LogP contribution in [0.5, 0.6) is 0 Å². The highest BCUT2D eigenvalue weighted by Crippen LogP contribution is 2.21. The molecule has 0 atom stereocenters. The van der Waals surface area contributed by atoms with Crippen molar-refractivity contribution < 1.29 is 4.79 Å². The molecule has 0 unspecified atom stereocenters. The topological polar surface area (TPSA) is 29.1 Å². The highest BCUT2D eigenvalue weighted by atomic mass is 35.5. The zero-order chi connectivity index (χ0) is 11.1. The van der Waals surface area contributed by atoms with E-state index < -0.39 is 0 Å². The van der Waals surface area contributed by atoms with Crippen LogP contribution < -0.4 is 5.32 Å². The first kappa shape index (κ1) is 12.4. The van der Waals surface area contributed by atoms with Crippen LogP contribution in [0.25, 0.3) is 0 Å². The van der Waals surface area contributed by atoms with E-state index in [0.717, 1.165) is 17.2 Å². The molecule has 4 heteroatoms. The molecule has 0 bridgehead atoms. The Morgan fingerprint density at radius 1 is 1.40 bits per heavy atom. The smallest absolute Gasteiger partial charge is 0.219 e. The monoisotopic (exact) mass is 243 g/mol. The second-order valence-electron chi connectivity index (χ2n) is 3.08. The minimum atomic E-state index is 0.103. The molecule has 1 aromatic carbocycles. The van der Waals surface area contributed by atoms with Gasteiger partial charge in [-0.3, -0.25) is 4.79 Å². The first-order chi connectivity index (χ1) is 7.22. The molecular weight excluding hydrogens is 230 g/mol. The van der Waals surface area contributed by atoms with Gasteiger partial charge < -0.3 is 5.32 Å². The van der Waals surface area contributed by atoms with Gasteiger partial charge in [0.1, 0.15) is 0 Å². The molecule has 0 heterocycles. The lowest BCUT2D eigenvalue weighted by Crippen LogP contribution is -2.17. The third-order valence-corrected chi connectivity index (χ3v) is 3.26. The molecule has 0 aliphatic carbocycles. The van der Waals surface area contributed by atoms with Gasteiger partial charge in [-0.1, -0.05) is 11.6 Å². The molecular formula is C11H14ClNOS. The van der Waals surface area contributed by atoms with Crippen LogP contribution in [0.1, 0.15) is 12.8 Å². The molecule has 1 amide bonds. The van der Waals surface area contributed by atoms with Crippen LogP contribution in [0.3, 0.4) is 0 Å². The lowest BCUT2D eigenvalue weighted by atomic mass is 10.3. The zero-order valence-corrected chi connectivity index (χ0v) is 10.2. The van der Waals surface area contributed by atoms with Crippen LogP contribution in [0, 0.1) is 0 Å². The minimum Gasteiger partial charge on any atom is -0.359 e. The van der Waals surface area contributed by atoms with E-state index >= 15 is 0 Å². The largest absolute Gasteiger partial charge is 0.359 e. The van der Waals surface area contributed by atoms with Gasteiger partial charge in [-0.2, -0.15) is 0 Å². The molecule has 0 aliphatic heterocycles. The first-order valence-electron chi connectivity index (χ1n) is 4.81. The molecule has 0 radical (unpaired) electrons. The summed E-state index contributed by atoms with van der Waals surface area (Å²) in [6, 6.07) is 7.74. The maximum Gasteiger partial charge on any atom is 0.219 e. The van der Waals surface area contributed by atoms with E-state index in [-0.39, 0.29) is 5.91 Å². The van der Waals surface area contributed by atoms with Gasteiger partial charge in [-0.25, -0.2) is 0 Å². The van der Waals surface area contributed by atoms with Crippen LogP contribution in [0.2, 0.25) is 5.02 Å². The number of hydrogen-bond donors (Lipinski definition) is 1. The van der Waals surface area contributed by atoms with E-state index in [9.17, 15) is 4.79 Å². The molecule has 0 fully saturated rings. The van der Waals surface area contributed by atoms with Crippen molar-refractivity contribution in [1.82, 2.24) is 5.32 Å². The van der Waals surface area contributed by atoms with Gasteiger partial charge in [0, 0.05) is 23.4 Å². The van der Waals surface area contributed by atoms with E-state index in [1.165, 1.54) is 4.90 Å². The van der Waals surface area contributed by atoms with Crippen molar-refractivity contribution in [2.45, 2.75) is 17.7 Å². The molecule has 0 aliphatic rings. The summed E-state index contributed by atoms with van der Waals surface area (Å²) in [5, 5.41) is 3.36. The summed E-state index contributed by atoms with van der Waals surface area (Å²) >= 11 is 7.51. The van der Waals surface area contributed by atoms with Crippen molar-refractivity contribution in [2.24, 2.45) is 0 Å². The van der Waals surface area contributed by atoms with E-state index in [1.807, 2.05) is 24.3 Å². The third-order valence-electron chi connectivity index (χ3n) is 1.91. The molecule has 1 aromatic rings. The summed E-state index contributed by atoms with van der Waals surface area (Å²) in [5.41, 5.74) is 0. The lowest BCUT2D eigenvalue weighted by Gasteiger charge is -2.01. The van der Waals surface area contributed by atoms with Crippen LogP contribution in [0.15, 0.2) is 29.2 Å². The quantitative estimate of drug-likeness (QED) is 0.636. The van der Waals surface area contributed by atoms with Crippen molar-refractivity contribution in [2.75, 3.05) is 12.8 Å². The third kappa shape index (κ3) is 5.09. The van der Waals surface area contributed by atoms with Crippen molar-refractivity contribution in [3.63, 3.8) is 0 Å². The summed E-state index contributed by atoms with van der Waals surface area (Å²) < 4.78 is 0. The summed E-state index contributed by atoms with van der Waals surface area (Å²) in [6.45, 7) is 0. The normalized spacial score (nSPS) is 10.0. The maximum absolute atomic E-state index is 10.9. The van der Waals surface area contributed by atoms with Crippen LogP contribution in [0.4, 0.5) is 0 Å². The fraction of sp³-hybridized carbons (Fsp3) is 0.364. The van der Waals surface area contributed by atoms with Gasteiger partial charge in [-0.15, -0.1) is 11.8 Å². The number of halogens is 1. The fourth-order valence-corrected chi connectivity index (χ4v) is 2.06. The molecule has 0 spiro atoms. The number of hydrogen-bond acceptors (Lipinski definition) is 2. The van der Waals surface area contributed by atoms with E-state index in [2.05, 4.69) is 5.32 Å². The van der Waals surface area contributed by atoms with Crippen LogP contribution in [-0.2, 0) is 4.79 Å². The molecule has 1 rings (SSSR count). The molecule has 15 heavy (non-hydrogen) atoms. The molecule has 2 nitrogen and oxygen atoms in total. The van der Waals surface area contributed by atoms with Crippen LogP contribution >= 0.6 is 23.4 Å². The predicted octanol–water partition coefficient (Wildman–Crippen LogP) is 2.96. The van der Waals surface area contributed by atoms with E-state index in [1.54, 1.807) is 18.8 Å².